The summed E-state index contributed by atoms with van der Waals surface area (Å²) in [7, 11) is 0. The topological polar surface area (TPSA) is 109 Å². The molecule has 0 unspecified atom stereocenters. The maximum atomic E-state index is 11.0. The van der Waals surface area contributed by atoms with Crippen LogP contribution in [0.5, 0.6) is 0 Å². The van der Waals surface area contributed by atoms with Crippen LogP contribution in [0.2, 0.25) is 0 Å². The first-order valence-electron chi connectivity index (χ1n) is 12.6. The molecule has 0 radical (unpaired) electrons. The van der Waals surface area contributed by atoms with Crippen molar-refractivity contribution in [2.24, 2.45) is 46.3 Å². The summed E-state index contributed by atoms with van der Waals surface area (Å²) >= 11 is 0. The molecular formula is C30H62O6. The van der Waals surface area contributed by atoms with E-state index in [4.69, 9.17) is 10.2 Å². The molecule has 0 aliphatic heterocycles. The zero-order chi connectivity index (χ0) is 28.2. The number of rotatable bonds is 8. The van der Waals surface area contributed by atoms with Crippen LogP contribution < -0.4 is 0 Å². The number of hydrogen-bond donors (Lipinski definition) is 2. The number of carboxylic acid groups (broad SMARTS) is 2. The van der Waals surface area contributed by atoms with Gasteiger partial charge in [0, 0.05) is 11.3 Å². The van der Waals surface area contributed by atoms with Gasteiger partial charge in [0.15, 0.2) is 0 Å². The molecule has 1 aliphatic carbocycles. The van der Waals surface area contributed by atoms with E-state index in [0.29, 0.717) is 23.4 Å². The fourth-order valence-corrected chi connectivity index (χ4v) is 2.47. The minimum Gasteiger partial charge on any atom is -0.481 e. The lowest BCUT2D eigenvalue weighted by Crippen LogP contribution is -2.29. The molecule has 0 saturated heterocycles. The highest BCUT2D eigenvalue weighted by Gasteiger charge is 2.49. The molecule has 218 valence electrons. The van der Waals surface area contributed by atoms with Gasteiger partial charge >= 0.3 is 11.9 Å². The van der Waals surface area contributed by atoms with Crippen molar-refractivity contribution in [2.45, 2.75) is 125 Å². The largest absolute Gasteiger partial charge is 0.481 e. The summed E-state index contributed by atoms with van der Waals surface area (Å²) in [5, 5.41) is 17.0. The minimum absolute atomic E-state index is 0. The molecule has 1 rings (SSSR count). The van der Waals surface area contributed by atoms with Gasteiger partial charge in [0.2, 0.25) is 0 Å². The summed E-state index contributed by atoms with van der Waals surface area (Å²) in [4.78, 5) is 42.2. The van der Waals surface area contributed by atoms with Crippen LogP contribution in [0.25, 0.3) is 0 Å². The Morgan fingerprint density at radius 2 is 1.03 bits per heavy atom. The summed E-state index contributed by atoms with van der Waals surface area (Å²) in [6.45, 7) is 26.5. The number of carbonyl (C=O) groups is 4. The maximum absolute atomic E-state index is 11.0. The molecule has 1 saturated carbocycles. The molecule has 0 aromatic heterocycles. The van der Waals surface area contributed by atoms with Gasteiger partial charge in [0.25, 0.3) is 0 Å². The summed E-state index contributed by atoms with van der Waals surface area (Å²) < 4.78 is 0. The molecule has 6 heteroatoms. The molecule has 0 bridgehead atoms. The Labute approximate surface area is 224 Å². The maximum Gasteiger partial charge on any atom is 0.309 e. The fraction of sp³-hybridized carbons (Fsp3) is 0.867. The Morgan fingerprint density at radius 1 is 0.694 bits per heavy atom. The van der Waals surface area contributed by atoms with Crippen LogP contribution in [-0.2, 0) is 19.2 Å². The monoisotopic (exact) mass is 518 g/mol. The highest BCUT2D eigenvalue weighted by molar-refractivity contribution is 5.85. The van der Waals surface area contributed by atoms with Gasteiger partial charge in [-0.3, -0.25) is 19.2 Å². The normalized spacial score (nSPS) is 14.8. The van der Waals surface area contributed by atoms with Crippen LogP contribution in [0.3, 0.4) is 0 Å². The molecule has 0 amide bonds. The SMILES string of the molecule is C.C.CC(=O)C1(C(C)C)CC1.CC(=O)[C@H](C)C(C)C.CC(C)C(C)(C)C(=O)O.CC(C)[C@H](C)C(=O)O. The zero-order valence-electron chi connectivity index (χ0n) is 24.4. The molecule has 0 aromatic rings. The van der Waals surface area contributed by atoms with E-state index in [-0.39, 0.29) is 43.9 Å². The van der Waals surface area contributed by atoms with Crippen molar-refractivity contribution in [1.29, 1.82) is 0 Å². The van der Waals surface area contributed by atoms with Crippen LogP contribution in [-0.4, -0.2) is 33.7 Å². The molecule has 0 heterocycles. The van der Waals surface area contributed by atoms with Crippen molar-refractivity contribution in [3.63, 3.8) is 0 Å². The highest BCUT2D eigenvalue weighted by atomic mass is 16.4. The standard InChI is InChI=1S/C8H14O.C7H14O2.C7H14O.C6H12O2.2CH4/c1-6(2)8(4-5-8)7(3)9;1-5(2)7(3,4)6(8)9;1-5(2)6(3)7(4)8;1-4(2)5(3)6(7)8;;/h6H,4-5H2,1-3H3;5H,1-4H3,(H,8,9);5-6H,1-4H3;4-5H,1-3H3,(H,7,8);2*1H4/t;;6-;5-;;/m..10../s1. The van der Waals surface area contributed by atoms with Crippen molar-refractivity contribution in [3.8, 4) is 0 Å². The summed E-state index contributed by atoms with van der Waals surface area (Å²) in [5.41, 5.74) is -0.472. The van der Waals surface area contributed by atoms with Crippen LogP contribution >= 0.6 is 0 Å². The van der Waals surface area contributed by atoms with Gasteiger partial charge in [0.05, 0.1) is 11.3 Å². The third-order valence-electron chi connectivity index (χ3n) is 7.62. The van der Waals surface area contributed by atoms with E-state index in [1.807, 2.05) is 34.6 Å². The molecule has 6 nitrogen and oxygen atoms in total. The van der Waals surface area contributed by atoms with Crippen LogP contribution in [0.1, 0.15) is 125 Å². The lowest BCUT2D eigenvalue weighted by molar-refractivity contribution is -0.149. The van der Waals surface area contributed by atoms with Crippen molar-refractivity contribution < 1.29 is 29.4 Å². The Balaban J connectivity index is -0.000000117. The highest BCUT2D eigenvalue weighted by Crippen LogP contribution is 2.52. The number of carbonyl (C=O) groups excluding carboxylic acids is 2. The lowest BCUT2D eigenvalue weighted by Gasteiger charge is -2.22. The second-order valence-corrected chi connectivity index (χ2v) is 11.6. The smallest absolute Gasteiger partial charge is 0.309 e. The zero-order valence-corrected chi connectivity index (χ0v) is 24.4. The average Bonchev–Trinajstić information content (AvgIpc) is 3.50. The molecule has 1 aliphatic rings. The third kappa shape index (κ3) is 16.9. The van der Waals surface area contributed by atoms with E-state index in [1.54, 1.807) is 34.6 Å². The Bertz CT molecular complexity index is 596. The number of hydrogen-bond acceptors (Lipinski definition) is 4. The first-order valence-corrected chi connectivity index (χ1v) is 12.6. The van der Waals surface area contributed by atoms with E-state index in [0.717, 1.165) is 12.8 Å². The molecule has 1 fully saturated rings. The van der Waals surface area contributed by atoms with Gasteiger partial charge in [-0.2, -0.15) is 0 Å². The lowest BCUT2D eigenvalue weighted by atomic mass is 9.81. The predicted octanol–water partition coefficient (Wildman–Crippen LogP) is 8.27. The number of Topliss-reactive ketones (excluding diaryl/α,β-unsaturated/α-hetero) is 2. The van der Waals surface area contributed by atoms with Gasteiger partial charge in [-0.25, -0.2) is 0 Å². The van der Waals surface area contributed by atoms with Crippen LogP contribution in [0.4, 0.5) is 0 Å². The predicted molar refractivity (Wildman–Crippen MR) is 153 cm³/mol. The Kier molecular flexibility index (Phi) is 23.9. The van der Waals surface area contributed by atoms with Crippen LogP contribution in [0.15, 0.2) is 0 Å². The number of ketones is 2. The quantitative estimate of drug-likeness (QED) is 0.335. The summed E-state index contributed by atoms with van der Waals surface area (Å²) in [5.74, 6) is 0.741. The molecule has 36 heavy (non-hydrogen) atoms. The van der Waals surface area contributed by atoms with E-state index in [9.17, 15) is 19.2 Å². The van der Waals surface area contributed by atoms with Gasteiger partial charge in [-0.15, -0.1) is 0 Å². The van der Waals surface area contributed by atoms with Crippen molar-refractivity contribution in [3.05, 3.63) is 0 Å². The molecular weight excluding hydrogens is 456 g/mol. The average molecular weight is 519 g/mol. The van der Waals surface area contributed by atoms with Crippen molar-refractivity contribution in [2.75, 3.05) is 0 Å². The Morgan fingerprint density at radius 3 is 1.03 bits per heavy atom. The summed E-state index contributed by atoms with van der Waals surface area (Å²) in [6, 6.07) is 0. The van der Waals surface area contributed by atoms with E-state index < -0.39 is 17.4 Å². The second kappa shape index (κ2) is 19.4. The molecule has 2 atom stereocenters. The van der Waals surface area contributed by atoms with E-state index in [1.165, 1.54) is 0 Å². The number of carboxylic acids is 2. The van der Waals surface area contributed by atoms with Gasteiger partial charge < -0.3 is 10.2 Å². The molecule has 0 spiro atoms. The molecule has 0 aromatic carbocycles. The number of aliphatic carboxylic acids is 2. The van der Waals surface area contributed by atoms with E-state index in [2.05, 4.69) is 27.7 Å². The van der Waals surface area contributed by atoms with Crippen molar-refractivity contribution in [1.82, 2.24) is 0 Å². The fourth-order valence-electron chi connectivity index (χ4n) is 2.47. The van der Waals surface area contributed by atoms with Gasteiger partial charge in [-0.05, 0) is 64.2 Å². The van der Waals surface area contributed by atoms with Crippen molar-refractivity contribution >= 4 is 23.5 Å². The van der Waals surface area contributed by atoms with E-state index >= 15 is 0 Å². The first kappa shape index (κ1) is 44.3. The first-order chi connectivity index (χ1) is 15.1. The molecule has 2 N–H and O–H groups in total. The third-order valence-corrected chi connectivity index (χ3v) is 7.62. The van der Waals surface area contributed by atoms with Crippen LogP contribution in [0, 0.1) is 46.3 Å². The Hall–Kier alpha value is -1.72. The minimum atomic E-state index is -0.725. The second-order valence-electron chi connectivity index (χ2n) is 11.6. The van der Waals surface area contributed by atoms with Gasteiger partial charge in [0.1, 0.15) is 11.6 Å². The summed E-state index contributed by atoms with van der Waals surface area (Å²) in [6.07, 6.45) is 2.25. The van der Waals surface area contributed by atoms with Gasteiger partial charge in [-0.1, -0.05) is 84.1 Å².